The van der Waals surface area contributed by atoms with Gasteiger partial charge in [0.2, 0.25) is 0 Å². The summed E-state index contributed by atoms with van der Waals surface area (Å²) < 4.78 is 0. The van der Waals surface area contributed by atoms with E-state index in [0.717, 1.165) is 16.8 Å². The van der Waals surface area contributed by atoms with E-state index in [1.165, 1.54) is 0 Å². The SMILES string of the molecule is CON1Cc2ccc3c(c2C1)NC(=O)C3N=O. The molecule has 0 fully saturated rings. The minimum Gasteiger partial charge on any atom is -0.323 e. The molecule has 1 N–H and O–H groups in total. The number of nitrogens with zero attached hydrogens (tertiary/aromatic N) is 2. The highest BCUT2D eigenvalue weighted by Gasteiger charge is 2.36. The Kier molecular flexibility index (Phi) is 2.20. The van der Waals surface area contributed by atoms with E-state index in [-0.39, 0.29) is 5.91 Å². The number of hydrogen-bond acceptors (Lipinski definition) is 5. The van der Waals surface area contributed by atoms with E-state index in [1.807, 2.05) is 6.07 Å². The molecule has 0 aliphatic carbocycles. The molecule has 6 heteroatoms. The monoisotopic (exact) mass is 233 g/mol. The summed E-state index contributed by atoms with van der Waals surface area (Å²) in [6.45, 7) is 1.30. The highest BCUT2D eigenvalue weighted by atomic mass is 16.7. The molecule has 0 radical (unpaired) electrons. The van der Waals surface area contributed by atoms with Gasteiger partial charge in [0.1, 0.15) is 0 Å². The minimum absolute atomic E-state index is 0.348. The van der Waals surface area contributed by atoms with Gasteiger partial charge >= 0.3 is 0 Å². The number of carbonyl (C=O) groups is 1. The second-order valence-electron chi connectivity index (χ2n) is 4.15. The number of nitrogens with one attached hydrogen (secondary N) is 1. The maximum atomic E-state index is 11.6. The summed E-state index contributed by atoms with van der Waals surface area (Å²) in [6, 6.07) is 2.80. The van der Waals surface area contributed by atoms with Gasteiger partial charge in [-0.05, 0) is 11.1 Å². The van der Waals surface area contributed by atoms with Gasteiger partial charge < -0.3 is 10.2 Å². The number of nitroso groups, excluding NO2 is 1. The third-order valence-electron chi connectivity index (χ3n) is 3.28. The average Bonchev–Trinajstić information content (AvgIpc) is 2.87. The fourth-order valence-corrected chi connectivity index (χ4v) is 2.40. The van der Waals surface area contributed by atoms with Crippen molar-refractivity contribution in [3.8, 4) is 0 Å². The van der Waals surface area contributed by atoms with Crippen LogP contribution in [0.15, 0.2) is 17.3 Å². The van der Waals surface area contributed by atoms with Crippen LogP contribution in [-0.2, 0) is 22.7 Å². The van der Waals surface area contributed by atoms with Gasteiger partial charge in [0.15, 0.2) is 6.04 Å². The molecule has 6 nitrogen and oxygen atoms in total. The van der Waals surface area contributed by atoms with E-state index in [1.54, 1.807) is 18.2 Å². The van der Waals surface area contributed by atoms with Gasteiger partial charge in [-0.1, -0.05) is 17.3 Å². The second-order valence-corrected chi connectivity index (χ2v) is 4.15. The molecule has 0 saturated heterocycles. The molecule has 0 saturated carbocycles. The fourth-order valence-electron chi connectivity index (χ4n) is 2.40. The molecule has 1 aromatic carbocycles. The molecule has 17 heavy (non-hydrogen) atoms. The third kappa shape index (κ3) is 1.38. The Morgan fingerprint density at radius 2 is 2.29 bits per heavy atom. The zero-order valence-electron chi connectivity index (χ0n) is 9.27. The second kappa shape index (κ2) is 3.61. The molecule has 2 heterocycles. The van der Waals surface area contributed by atoms with E-state index in [4.69, 9.17) is 4.84 Å². The molecule has 1 aromatic rings. The lowest BCUT2D eigenvalue weighted by atomic mass is 10.0. The molecule has 3 rings (SSSR count). The molecule has 0 spiro atoms. The number of hydrogen-bond donors (Lipinski definition) is 1. The first-order chi connectivity index (χ1) is 8.24. The van der Waals surface area contributed by atoms with Gasteiger partial charge in [-0.2, -0.15) is 5.06 Å². The van der Waals surface area contributed by atoms with Crippen molar-refractivity contribution < 1.29 is 9.63 Å². The smallest absolute Gasteiger partial charge is 0.257 e. The van der Waals surface area contributed by atoms with Crippen LogP contribution in [0.3, 0.4) is 0 Å². The Labute approximate surface area is 97.5 Å². The van der Waals surface area contributed by atoms with Crippen LogP contribution in [0.5, 0.6) is 0 Å². The van der Waals surface area contributed by atoms with Crippen molar-refractivity contribution in [2.24, 2.45) is 5.18 Å². The Hall–Kier alpha value is -1.79. The molecule has 1 unspecified atom stereocenters. The van der Waals surface area contributed by atoms with E-state index in [2.05, 4.69) is 10.5 Å². The lowest BCUT2D eigenvalue weighted by Crippen LogP contribution is -2.14. The molecule has 2 aliphatic heterocycles. The van der Waals surface area contributed by atoms with E-state index >= 15 is 0 Å². The summed E-state index contributed by atoms with van der Waals surface area (Å²) in [5.74, 6) is -0.348. The Bertz CT molecular complexity index is 515. The number of rotatable bonds is 2. The van der Waals surface area contributed by atoms with Gasteiger partial charge in [0.25, 0.3) is 5.91 Å². The zero-order valence-corrected chi connectivity index (χ0v) is 9.27. The summed E-state index contributed by atoms with van der Waals surface area (Å²) in [6.07, 6.45) is 0. The topological polar surface area (TPSA) is 71.0 Å². The molecular weight excluding hydrogens is 222 g/mol. The largest absolute Gasteiger partial charge is 0.323 e. The summed E-state index contributed by atoms with van der Waals surface area (Å²) in [5, 5.41) is 7.39. The number of benzene rings is 1. The van der Waals surface area contributed by atoms with Gasteiger partial charge in [0.05, 0.1) is 19.3 Å². The first-order valence-electron chi connectivity index (χ1n) is 5.31. The molecule has 1 amide bonds. The van der Waals surface area contributed by atoms with Crippen LogP contribution < -0.4 is 5.32 Å². The van der Waals surface area contributed by atoms with Crippen LogP contribution in [0.2, 0.25) is 0 Å². The lowest BCUT2D eigenvalue weighted by molar-refractivity contribution is -0.137. The van der Waals surface area contributed by atoms with E-state index in [0.29, 0.717) is 18.7 Å². The third-order valence-corrected chi connectivity index (χ3v) is 3.28. The first kappa shape index (κ1) is 10.4. The summed E-state index contributed by atoms with van der Waals surface area (Å²) in [7, 11) is 1.61. The van der Waals surface area contributed by atoms with Gasteiger partial charge in [-0.3, -0.25) is 4.79 Å². The van der Waals surface area contributed by atoms with Crippen molar-refractivity contribution in [3.05, 3.63) is 33.7 Å². The predicted octanol–water partition coefficient (Wildman–Crippen LogP) is 1.32. The zero-order chi connectivity index (χ0) is 12.0. The molecule has 0 bridgehead atoms. The predicted molar refractivity (Wildman–Crippen MR) is 59.9 cm³/mol. The normalized spacial score (nSPS) is 22.2. The van der Waals surface area contributed by atoms with Gasteiger partial charge in [-0.25, -0.2) is 0 Å². The summed E-state index contributed by atoms with van der Waals surface area (Å²) in [5.41, 5.74) is 3.53. The van der Waals surface area contributed by atoms with Crippen LogP contribution in [0.4, 0.5) is 5.69 Å². The number of carbonyl (C=O) groups excluding carboxylic acids is 1. The minimum atomic E-state index is -0.910. The fraction of sp³-hybridized carbons (Fsp3) is 0.364. The Morgan fingerprint density at radius 1 is 1.47 bits per heavy atom. The molecule has 1 atom stereocenters. The standard InChI is InChI=1S/C11H11N3O3/c1-17-14-4-6-2-3-7-9(8(6)5-14)12-11(15)10(7)13-16/h2-3,10H,4-5H2,1H3,(H,12,15). The summed E-state index contributed by atoms with van der Waals surface area (Å²) >= 11 is 0. The maximum Gasteiger partial charge on any atom is 0.257 e. The highest BCUT2D eigenvalue weighted by molar-refractivity contribution is 6.03. The van der Waals surface area contributed by atoms with Crippen molar-refractivity contribution in [2.45, 2.75) is 19.1 Å². The Morgan fingerprint density at radius 3 is 3.00 bits per heavy atom. The van der Waals surface area contributed by atoms with Crippen molar-refractivity contribution in [2.75, 3.05) is 12.4 Å². The quantitative estimate of drug-likeness (QED) is 0.782. The summed E-state index contributed by atoms with van der Waals surface area (Å²) in [4.78, 5) is 27.4. The first-order valence-corrected chi connectivity index (χ1v) is 5.31. The number of amides is 1. The number of anilines is 1. The number of fused-ring (bicyclic) bond motifs is 3. The number of hydroxylamine groups is 2. The van der Waals surface area contributed by atoms with Crippen LogP contribution >= 0.6 is 0 Å². The lowest BCUT2D eigenvalue weighted by Gasteiger charge is -2.10. The van der Waals surface area contributed by atoms with Crippen LogP contribution in [0.25, 0.3) is 0 Å². The van der Waals surface area contributed by atoms with Crippen molar-refractivity contribution in [1.29, 1.82) is 0 Å². The highest BCUT2D eigenvalue weighted by Crippen LogP contribution is 2.40. The van der Waals surface area contributed by atoms with E-state index < -0.39 is 6.04 Å². The molecule has 0 aromatic heterocycles. The maximum absolute atomic E-state index is 11.6. The van der Waals surface area contributed by atoms with Crippen molar-refractivity contribution >= 4 is 11.6 Å². The molecule has 2 aliphatic rings. The molecular formula is C11H11N3O3. The van der Waals surface area contributed by atoms with Gasteiger partial charge in [0, 0.05) is 12.1 Å². The Balaban J connectivity index is 2.08. The van der Waals surface area contributed by atoms with Gasteiger partial charge in [-0.15, -0.1) is 4.91 Å². The van der Waals surface area contributed by atoms with Crippen LogP contribution in [0.1, 0.15) is 22.7 Å². The van der Waals surface area contributed by atoms with Crippen molar-refractivity contribution in [3.63, 3.8) is 0 Å². The van der Waals surface area contributed by atoms with Crippen molar-refractivity contribution in [1.82, 2.24) is 5.06 Å². The molecule has 88 valence electrons. The average molecular weight is 233 g/mol. The van der Waals surface area contributed by atoms with E-state index in [9.17, 15) is 9.70 Å². The van der Waals surface area contributed by atoms with Crippen LogP contribution in [-0.4, -0.2) is 18.1 Å². The van der Waals surface area contributed by atoms with Crippen LogP contribution in [0, 0.1) is 4.91 Å².